The summed E-state index contributed by atoms with van der Waals surface area (Å²) in [5.74, 6) is -0.347. The van der Waals surface area contributed by atoms with E-state index >= 15 is 0 Å². The van der Waals surface area contributed by atoms with Gasteiger partial charge in [0.2, 0.25) is 0 Å². The van der Waals surface area contributed by atoms with Crippen LogP contribution in [0.4, 0.5) is 5.13 Å². The average molecular weight is 403 g/mol. The molecule has 4 heterocycles. The maximum absolute atomic E-state index is 12.8. The lowest BCUT2D eigenvalue weighted by Crippen LogP contribution is -2.35. The van der Waals surface area contributed by atoms with Crippen LogP contribution in [-0.4, -0.2) is 41.3 Å². The molecule has 28 heavy (non-hydrogen) atoms. The van der Waals surface area contributed by atoms with Crippen molar-refractivity contribution in [2.24, 2.45) is 0 Å². The maximum atomic E-state index is 12.8. The van der Waals surface area contributed by atoms with Crippen LogP contribution in [0.25, 0.3) is 0 Å². The van der Waals surface area contributed by atoms with Gasteiger partial charge in [0, 0.05) is 31.3 Å². The van der Waals surface area contributed by atoms with Crippen LogP contribution >= 0.6 is 11.3 Å². The molecule has 1 amide bonds. The highest BCUT2D eigenvalue weighted by atomic mass is 32.1. The molecule has 2 fully saturated rings. The second-order valence-electron chi connectivity index (χ2n) is 7.46. The van der Waals surface area contributed by atoms with Gasteiger partial charge in [-0.3, -0.25) is 9.59 Å². The van der Waals surface area contributed by atoms with Gasteiger partial charge in [0.1, 0.15) is 5.56 Å². The number of carbonyl (C=O) groups excluding carboxylic acids is 1. The van der Waals surface area contributed by atoms with Crippen LogP contribution < -0.4 is 15.8 Å². The number of rotatable bonds is 6. The summed E-state index contributed by atoms with van der Waals surface area (Å²) in [6, 6.07) is 1.82. The first-order valence-electron chi connectivity index (χ1n) is 9.91. The van der Waals surface area contributed by atoms with Crippen LogP contribution in [0.2, 0.25) is 0 Å². The van der Waals surface area contributed by atoms with Crippen molar-refractivity contribution in [1.29, 1.82) is 0 Å². The zero-order chi connectivity index (χ0) is 19.5. The molecule has 150 valence electrons. The second kappa shape index (κ2) is 8.45. The molecule has 2 aromatic heterocycles. The predicted octanol–water partition coefficient (Wildman–Crippen LogP) is 2.32. The zero-order valence-electron chi connectivity index (χ0n) is 16.1. The predicted molar refractivity (Wildman–Crippen MR) is 109 cm³/mol. The highest BCUT2D eigenvalue weighted by Crippen LogP contribution is 2.24. The van der Waals surface area contributed by atoms with E-state index in [-0.39, 0.29) is 23.1 Å². The molecule has 0 spiro atoms. The van der Waals surface area contributed by atoms with Crippen LogP contribution in [0.1, 0.15) is 47.3 Å². The van der Waals surface area contributed by atoms with Gasteiger partial charge in [-0.2, -0.15) is 0 Å². The van der Waals surface area contributed by atoms with Gasteiger partial charge in [-0.1, -0.05) is 0 Å². The first-order valence-corrected chi connectivity index (χ1v) is 10.8. The van der Waals surface area contributed by atoms with E-state index in [0.717, 1.165) is 43.4 Å². The van der Waals surface area contributed by atoms with Gasteiger partial charge in [0.25, 0.3) is 11.5 Å². The molecule has 2 aromatic rings. The van der Waals surface area contributed by atoms with Crippen LogP contribution in [0.5, 0.6) is 0 Å². The minimum Gasteiger partial charge on any atom is -0.376 e. The van der Waals surface area contributed by atoms with Crippen LogP contribution in [0, 0.1) is 6.92 Å². The summed E-state index contributed by atoms with van der Waals surface area (Å²) in [5, 5.41) is 5.85. The number of nitrogens with zero attached hydrogens (tertiary/aromatic N) is 3. The van der Waals surface area contributed by atoms with Gasteiger partial charge in [0.15, 0.2) is 5.13 Å². The van der Waals surface area contributed by atoms with Crippen molar-refractivity contribution >= 4 is 22.4 Å². The van der Waals surface area contributed by atoms with Crippen molar-refractivity contribution in [2.45, 2.75) is 51.8 Å². The number of ether oxygens (including phenoxy) is 1. The molecule has 4 rings (SSSR count). The third kappa shape index (κ3) is 4.12. The molecule has 0 aromatic carbocycles. The first-order chi connectivity index (χ1) is 13.6. The number of hydrogen-bond donors (Lipinski definition) is 1. The number of carbonyl (C=O) groups is 1. The number of hydrogen-bond acceptors (Lipinski definition) is 6. The van der Waals surface area contributed by atoms with Crippen LogP contribution in [0.3, 0.4) is 0 Å². The Morgan fingerprint density at radius 3 is 2.93 bits per heavy atom. The third-order valence-corrected chi connectivity index (χ3v) is 6.32. The van der Waals surface area contributed by atoms with E-state index in [1.807, 2.05) is 11.4 Å². The van der Waals surface area contributed by atoms with Gasteiger partial charge < -0.3 is 19.5 Å². The minimum atomic E-state index is -0.347. The lowest BCUT2D eigenvalue weighted by molar-refractivity contribution is 0.0928. The van der Waals surface area contributed by atoms with Gasteiger partial charge >= 0.3 is 0 Å². The molecule has 2 aliphatic rings. The Morgan fingerprint density at radius 2 is 2.18 bits per heavy atom. The molecule has 0 bridgehead atoms. The monoisotopic (exact) mass is 402 g/mol. The highest BCUT2D eigenvalue weighted by molar-refractivity contribution is 7.13. The Balaban J connectivity index is 1.43. The van der Waals surface area contributed by atoms with Crippen molar-refractivity contribution in [3.05, 3.63) is 44.8 Å². The molecule has 0 radical (unpaired) electrons. The maximum Gasteiger partial charge on any atom is 0.263 e. The summed E-state index contributed by atoms with van der Waals surface area (Å²) in [4.78, 5) is 32.5. The Hall–Kier alpha value is -2.19. The molecule has 1 N–H and O–H groups in total. The summed E-state index contributed by atoms with van der Waals surface area (Å²) in [7, 11) is 0. The molecular weight excluding hydrogens is 376 g/mol. The third-order valence-electron chi connectivity index (χ3n) is 5.37. The largest absolute Gasteiger partial charge is 0.376 e. The highest BCUT2D eigenvalue weighted by Gasteiger charge is 2.21. The van der Waals surface area contributed by atoms with Gasteiger partial charge in [-0.05, 0) is 44.2 Å². The minimum absolute atomic E-state index is 0.0512. The fraction of sp³-hybridized carbons (Fsp3) is 0.550. The summed E-state index contributed by atoms with van der Waals surface area (Å²) in [6.45, 7) is 5.44. The Kier molecular flexibility index (Phi) is 5.77. The molecule has 1 unspecified atom stereocenters. The first kappa shape index (κ1) is 19.1. The molecule has 2 saturated heterocycles. The molecule has 2 aliphatic heterocycles. The van der Waals surface area contributed by atoms with Crippen LogP contribution in [0.15, 0.2) is 22.4 Å². The fourth-order valence-corrected chi connectivity index (χ4v) is 4.66. The smallest absolute Gasteiger partial charge is 0.263 e. The number of anilines is 1. The van der Waals surface area contributed by atoms with E-state index in [0.29, 0.717) is 18.7 Å². The summed E-state index contributed by atoms with van der Waals surface area (Å²) < 4.78 is 7.21. The van der Waals surface area contributed by atoms with Crippen molar-refractivity contribution in [2.75, 3.05) is 24.6 Å². The van der Waals surface area contributed by atoms with Gasteiger partial charge in [-0.25, -0.2) is 4.98 Å². The van der Waals surface area contributed by atoms with Gasteiger partial charge in [-0.15, -0.1) is 11.3 Å². The lowest BCUT2D eigenvalue weighted by atomic mass is 10.1. The number of aryl methyl sites for hydroxylation is 1. The van der Waals surface area contributed by atoms with Crippen molar-refractivity contribution < 1.29 is 9.53 Å². The average Bonchev–Trinajstić information content (AvgIpc) is 3.45. The molecule has 7 nitrogen and oxygen atoms in total. The van der Waals surface area contributed by atoms with E-state index in [1.54, 1.807) is 29.0 Å². The lowest BCUT2D eigenvalue weighted by Gasteiger charge is -2.14. The van der Waals surface area contributed by atoms with Crippen molar-refractivity contribution in [3.8, 4) is 0 Å². The zero-order valence-corrected chi connectivity index (χ0v) is 17.0. The quantitative estimate of drug-likeness (QED) is 0.803. The molecule has 1 atom stereocenters. The Morgan fingerprint density at radius 1 is 1.36 bits per heavy atom. The van der Waals surface area contributed by atoms with Crippen molar-refractivity contribution in [3.63, 3.8) is 0 Å². The molecule has 0 aliphatic carbocycles. The number of thiazole rings is 1. The fourth-order valence-electron chi connectivity index (χ4n) is 3.78. The van der Waals surface area contributed by atoms with E-state index in [9.17, 15) is 9.59 Å². The molecule has 8 heteroatoms. The van der Waals surface area contributed by atoms with E-state index in [1.165, 1.54) is 12.8 Å². The van der Waals surface area contributed by atoms with Crippen molar-refractivity contribution in [1.82, 2.24) is 14.9 Å². The number of pyridine rings is 1. The van der Waals surface area contributed by atoms with E-state index in [4.69, 9.17) is 4.74 Å². The number of amides is 1. The normalized spacial score (nSPS) is 19.3. The summed E-state index contributed by atoms with van der Waals surface area (Å²) >= 11 is 1.60. The Bertz CT molecular complexity index is 895. The second-order valence-corrected chi connectivity index (χ2v) is 8.30. The summed E-state index contributed by atoms with van der Waals surface area (Å²) in [6.07, 6.45) is 6.18. The van der Waals surface area contributed by atoms with Crippen LogP contribution in [-0.2, 0) is 17.8 Å². The standard InChI is InChI=1S/C20H26N4O3S/c1-14-6-9-24(12-16-5-4-10-27-16)19(26)17(14)18(25)21-11-15-13-28-20(22-15)23-7-2-3-8-23/h6,9,13,16H,2-5,7-8,10-12H2,1H3,(H,21,25). The molecule has 0 saturated carbocycles. The topological polar surface area (TPSA) is 76.5 Å². The Labute approximate surface area is 168 Å². The molecular formula is C20H26N4O3S. The SMILES string of the molecule is Cc1ccn(CC2CCCO2)c(=O)c1C(=O)NCc1csc(N2CCCC2)n1. The van der Waals surface area contributed by atoms with E-state index < -0.39 is 0 Å². The number of nitrogens with one attached hydrogen (secondary N) is 1. The number of aromatic nitrogens is 2. The summed E-state index contributed by atoms with van der Waals surface area (Å²) in [5.41, 5.74) is 1.45. The van der Waals surface area contributed by atoms with E-state index in [2.05, 4.69) is 15.2 Å². The van der Waals surface area contributed by atoms with Gasteiger partial charge in [0.05, 0.1) is 24.9 Å².